The van der Waals surface area contributed by atoms with Crippen LogP contribution in [0.15, 0.2) is 63.5 Å². The molecule has 0 fully saturated rings. The van der Waals surface area contributed by atoms with Crippen LogP contribution in [0.4, 0.5) is 5.69 Å². The second-order valence-electron chi connectivity index (χ2n) is 5.77. The molecule has 0 aliphatic carbocycles. The Morgan fingerprint density at radius 2 is 1.54 bits per heavy atom. The summed E-state index contributed by atoms with van der Waals surface area (Å²) in [5, 5.41) is 13.5. The standard InChI is InChI=1S/C20H11Br2Cl2NO3/c21-12-8-14(19(27)15(22)9-12)20(28)25-17-7-11(3-6-16(17)24)18(26)10-1-4-13(23)5-2-10/h1-9,27H,(H,25,28). The zero-order valence-electron chi connectivity index (χ0n) is 14.0. The van der Waals surface area contributed by atoms with Gasteiger partial charge in [0, 0.05) is 20.6 Å². The molecule has 0 radical (unpaired) electrons. The van der Waals surface area contributed by atoms with Gasteiger partial charge in [0.2, 0.25) is 0 Å². The van der Waals surface area contributed by atoms with Crippen molar-refractivity contribution < 1.29 is 14.7 Å². The third-order valence-electron chi connectivity index (χ3n) is 3.86. The Balaban J connectivity index is 1.91. The molecule has 0 unspecified atom stereocenters. The normalized spacial score (nSPS) is 10.6. The van der Waals surface area contributed by atoms with Crippen molar-refractivity contribution in [2.75, 3.05) is 5.32 Å². The molecule has 0 spiro atoms. The summed E-state index contributed by atoms with van der Waals surface area (Å²) in [4.78, 5) is 25.3. The fourth-order valence-electron chi connectivity index (χ4n) is 2.46. The summed E-state index contributed by atoms with van der Waals surface area (Å²) in [6, 6.07) is 14.2. The van der Waals surface area contributed by atoms with Crippen LogP contribution in [0.2, 0.25) is 10.0 Å². The SMILES string of the molecule is O=C(c1ccc(Cl)cc1)c1ccc(Cl)c(NC(=O)c2cc(Br)cc(Br)c2O)c1. The zero-order chi connectivity index (χ0) is 20.4. The number of nitrogens with one attached hydrogen (secondary N) is 1. The summed E-state index contributed by atoms with van der Waals surface area (Å²) >= 11 is 18.5. The maximum absolute atomic E-state index is 12.7. The lowest BCUT2D eigenvalue weighted by Crippen LogP contribution is -2.13. The van der Waals surface area contributed by atoms with Gasteiger partial charge in [-0.05, 0) is 70.5 Å². The number of phenolic OH excluding ortho intramolecular Hbond substituents is 1. The molecule has 3 aromatic rings. The van der Waals surface area contributed by atoms with Gasteiger partial charge in [-0.15, -0.1) is 0 Å². The van der Waals surface area contributed by atoms with Crippen LogP contribution in [-0.2, 0) is 0 Å². The minimum absolute atomic E-state index is 0.0479. The van der Waals surface area contributed by atoms with Crippen molar-refractivity contribution in [2.24, 2.45) is 0 Å². The molecular formula is C20H11Br2Cl2NO3. The van der Waals surface area contributed by atoms with E-state index in [0.29, 0.717) is 25.1 Å². The number of benzene rings is 3. The molecule has 0 aliphatic heterocycles. The Bertz CT molecular complexity index is 1090. The molecule has 3 aromatic carbocycles. The summed E-state index contributed by atoms with van der Waals surface area (Å²) in [7, 11) is 0. The van der Waals surface area contributed by atoms with E-state index in [4.69, 9.17) is 23.2 Å². The molecular weight excluding hydrogens is 533 g/mol. The molecule has 3 rings (SSSR count). The van der Waals surface area contributed by atoms with E-state index in [1.165, 1.54) is 18.2 Å². The van der Waals surface area contributed by atoms with Gasteiger partial charge >= 0.3 is 0 Å². The molecule has 28 heavy (non-hydrogen) atoms. The third-order valence-corrected chi connectivity index (χ3v) is 5.50. The Hall–Kier alpha value is -1.86. The molecule has 0 aliphatic rings. The Morgan fingerprint density at radius 1 is 0.893 bits per heavy atom. The number of carbonyl (C=O) groups excluding carboxylic acids is 2. The highest BCUT2D eigenvalue weighted by atomic mass is 79.9. The monoisotopic (exact) mass is 541 g/mol. The minimum atomic E-state index is -0.572. The van der Waals surface area contributed by atoms with Crippen LogP contribution in [0.1, 0.15) is 26.3 Å². The predicted molar refractivity (Wildman–Crippen MR) is 118 cm³/mol. The van der Waals surface area contributed by atoms with Crippen LogP contribution in [0, 0.1) is 0 Å². The van der Waals surface area contributed by atoms with Gasteiger partial charge in [-0.2, -0.15) is 0 Å². The van der Waals surface area contributed by atoms with Crippen molar-refractivity contribution in [3.05, 3.63) is 90.3 Å². The highest BCUT2D eigenvalue weighted by molar-refractivity contribution is 9.11. The van der Waals surface area contributed by atoms with Gasteiger partial charge in [-0.1, -0.05) is 39.1 Å². The average Bonchev–Trinajstić information content (AvgIpc) is 2.66. The summed E-state index contributed by atoms with van der Waals surface area (Å²) in [5.41, 5.74) is 1.10. The molecule has 2 N–H and O–H groups in total. The number of anilines is 1. The summed E-state index contributed by atoms with van der Waals surface area (Å²) in [6.07, 6.45) is 0. The topological polar surface area (TPSA) is 66.4 Å². The van der Waals surface area contributed by atoms with Crippen LogP contribution in [-0.4, -0.2) is 16.8 Å². The quantitative estimate of drug-likeness (QED) is 0.360. The summed E-state index contributed by atoms with van der Waals surface area (Å²) in [6.45, 7) is 0. The molecule has 8 heteroatoms. The van der Waals surface area contributed by atoms with Crippen molar-refractivity contribution in [1.29, 1.82) is 0 Å². The molecule has 1 amide bonds. The Labute approximate surface area is 187 Å². The highest BCUT2D eigenvalue weighted by Crippen LogP contribution is 2.33. The van der Waals surface area contributed by atoms with Gasteiger partial charge in [-0.25, -0.2) is 0 Å². The van der Waals surface area contributed by atoms with E-state index in [1.54, 1.807) is 36.4 Å². The lowest BCUT2D eigenvalue weighted by Gasteiger charge is -2.11. The second kappa shape index (κ2) is 8.66. The number of hydrogen-bond donors (Lipinski definition) is 2. The van der Waals surface area contributed by atoms with E-state index in [9.17, 15) is 14.7 Å². The fraction of sp³-hybridized carbons (Fsp3) is 0. The largest absolute Gasteiger partial charge is 0.506 e. The maximum Gasteiger partial charge on any atom is 0.259 e. The number of hydrogen-bond acceptors (Lipinski definition) is 3. The molecule has 0 saturated heterocycles. The van der Waals surface area contributed by atoms with E-state index in [-0.39, 0.29) is 27.8 Å². The van der Waals surface area contributed by atoms with Gasteiger partial charge < -0.3 is 10.4 Å². The smallest absolute Gasteiger partial charge is 0.259 e. The van der Waals surface area contributed by atoms with Crippen LogP contribution in [0.3, 0.4) is 0 Å². The van der Waals surface area contributed by atoms with Crippen LogP contribution in [0.25, 0.3) is 0 Å². The van der Waals surface area contributed by atoms with E-state index >= 15 is 0 Å². The van der Waals surface area contributed by atoms with Crippen molar-refractivity contribution in [2.45, 2.75) is 0 Å². The number of amides is 1. The maximum atomic E-state index is 12.7. The van der Waals surface area contributed by atoms with E-state index in [2.05, 4.69) is 37.2 Å². The third kappa shape index (κ3) is 4.58. The van der Waals surface area contributed by atoms with E-state index < -0.39 is 5.91 Å². The fourth-order valence-corrected chi connectivity index (χ4v) is 3.97. The first-order valence-corrected chi connectivity index (χ1v) is 10.2. The van der Waals surface area contributed by atoms with E-state index in [1.807, 2.05) is 0 Å². The lowest BCUT2D eigenvalue weighted by molar-refractivity contribution is 0.101. The summed E-state index contributed by atoms with van der Waals surface area (Å²) in [5.74, 6) is -1.01. The van der Waals surface area contributed by atoms with Crippen molar-refractivity contribution >= 4 is 72.4 Å². The Kier molecular flexibility index (Phi) is 6.45. The number of rotatable bonds is 4. The predicted octanol–water partition coefficient (Wildman–Crippen LogP) is 6.71. The molecule has 0 heterocycles. The minimum Gasteiger partial charge on any atom is -0.506 e. The number of ketones is 1. The van der Waals surface area contributed by atoms with Gasteiger partial charge in [0.25, 0.3) is 5.91 Å². The Morgan fingerprint density at radius 3 is 2.21 bits per heavy atom. The first kappa shape index (κ1) is 20.9. The van der Waals surface area contributed by atoms with Gasteiger partial charge in [0.05, 0.1) is 20.7 Å². The number of aromatic hydroxyl groups is 1. The molecule has 0 aromatic heterocycles. The summed E-state index contributed by atoms with van der Waals surface area (Å²) < 4.78 is 0.977. The van der Waals surface area contributed by atoms with Crippen LogP contribution >= 0.6 is 55.1 Å². The van der Waals surface area contributed by atoms with Crippen LogP contribution < -0.4 is 5.32 Å². The molecule has 4 nitrogen and oxygen atoms in total. The van der Waals surface area contributed by atoms with Gasteiger partial charge in [0.15, 0.2) is 5.78 Å². The first-order valence-electron chi connectivity index (χ1n) is 7.85. The second-order valence-corrected chi connectivity index (χ2v) is 8.38. The lowest BCUT2D eigenvalue weighted by atomic mass is 10.0. The molecule has 142 valence electrons. The van der Waals surface area contributed by atoms with Crippen molar-refractivity contribution in [3.8, 4) is 5.75 Å². The van der Waals surface area contributed by atoms with E-state index in [0.717, 1.165) is 0 Å². The molecule has 0 atom stereocenters. The molecule has 0 bridgehead atoms. The van der Waals surface area contributed by atoms with Crippen molar-refractivity contribution in [3.63, 3.8) is 0 Å². The zero-order valence-corrected chi connectivity index (χ0v) is 18.7. The average molecular weight is 544 g/mol. The number of phenols is 1. The van der Waals surface area contributed by atoms with Crippen LogP contribution in [0.5, 0.6) is 5.75 Å². The number of carbonyl (C=O) groups is 2. The molecule has 0 saturated carbocycles. The first-order chi connectivity index (χ1) is 13.3. The number of halogens is 4. The highest BCUT2D eigenvalue weighted by Gasteiger charge is 2.18. The van der Waals surface area contributed by atoms with Crippen molar-refractivity contribution in [1.82, 2.24) is 0 Å². The van der Waals surface area contributed by atoms with Gasteiger partial charge in [0.1, 0.15) is 5.75 Å². The van der Waals surface area contributed by atoms with Gasteiger partial charge in [-0.3, -0.25) is 9.59 Å².